The van der Waals surface area contributed by atoms with Gasteiger partial charge in [-0.3, -0.25) is 14.4 Å². The first kappa shape index (κ1) is 28.4. The third-order valence-corrected chi connectivity index (χ3v) is 5.12. The SMILES string of the molecule is CN(C)CCCC(=O)OC(CCCCCCCC(=O)O)CCCCCCCC(=O)O. The number of carbonyl (C=O) groups excluding carboxylic acids is 1. The van der Waals surface area contributed by atoms with Gasteiger partial charge in [-0.1, -0.05) is 38.5 Å². The summed E-state index contributed by atoms with van der Waals surface area (Å²) in [4.78, 5) is 35.3. The number of hydrogen-bond acceptors (Lipinski definition) is 5. The Morgan fingerprint density at radius 3 is 1.53 bits per heavy atom. The van der Waals surface area contributed by atoms with Crippen LogP contribution >= 0.6 is 0 Å². The number of carboxylic acid groups (broad SMARTS) is 2. The van der Waals surface area contributed by atoms with Crippen molar-refractivity contribution in [3.63, 3.8) is 0 Å². The molecule has 7 heteroatoms. The third kappa shape index (κ3) is 21.1. The Kier molecular flexibility index (Phi) is 18.3. The molecule has 0 aliphatic carbocycles. The van der Waals surface area contributed by atoms with Gasteiger partial charge < -0.3 is 19.8 Å². The van der Waals surface area contributed by atoms with E-state index < -0.39 is 11.9 Å². The maximum absolute atomic E-state index is 12.2. The summed E-state index contributed by atoms with van der Waals surface area (Å²) < 4.78 is 5.74. The fraction of sp³-hybridized carbons (Fsp3) is 0.870. The van der Waals surface area contributed by atoms with Gasteiger partial charge in [-0.05, 0) is 65.6 Å². The molecule has 2 N–H and O–H groups in total. The van der Waals surface area contributed by atoms with Gasteiger partial charge in [-0.25, -0.2) is 0 Å². The van der Waals surface area contributed by atoms with Crippen LogP contribution in [0.25, 0.3) is 0 Å². The van der Waals surface area contributed by atoms with Gasteiger partial charge in [-0.2, -0.15) is 0 Å². The van der Waals surface area contributed by atoms with E-state index >= 15 is 0 Å². The summed E-state index contributed by atoms with van der Waals surface area (Å²) in [6.45, 7) is 0.868. The van der Waals surface area contributed by atoms with Crippen LogP contribution in [0.3, 0.4) is 0 Å². The summed E-state index contributed by atoms with van der Waals surface area (Å²) in [5, 5.41) is 17.3. The summed E-state index contributed by atoms with van der Waals surface area (Å²) in [6, 6.07) is 0. The zero-order chi connectivity index (χ0) is 22.6. The Labute approximate surface area is 182 Å². The number of hydrogen-bond donors (Lipinski definition) is 2. The van der Waals surface area contributed by atoms with E-state index in [2.05, 4.69) is 4.90 Å². The number of carboxylic acids is 2. The molecule has 0 aromatic carbocycles. The first-order valence-electron chi connectivity index (χ1n) is 11.6. The van der Waals surface area contributed by atoms with Crippen LogP contribution in [0.15, 0.2) is 0 Å². The van der Waals surface area contributed by atoms with Crippen LogP contribution in [0, 0.1) is 0 Å². The Morgan fingerprint density at radius 1 is 0.667 bits per heavy atom. The molecule has 0 aliphatic rings. The molecule has 0 saturated heterocycles. The summed E-state index contributed by atoms with van der Waals surface area (Å²) in [7, 11) is 3.97. The number of ether oxygens (including phenoxy) is 1. The number of aliphatic carboxylic acids is 2. The zero-order valence-electron chi connectivity index (χ0n) is 19.1. The monoisotopic (exact) mass is 429 g/mol. The molecule has 0 aromatic heterocycles. The predicted molar refractivity (Wildman–Crippen MR) is 118 cm³/mol. The molecule has 0 aliphatic heterocycles. The lowest BCUT2D eigenvalue weighted by atomic mass is 10.0. The quantitative estimate of drug-likeness (QED) is 0.198. The standard InChI is InChI=1S/C23H43NO6/c1-24(2)19-13-18-23(29)30-20(14-9-5-3-7-11-16-21(25)26)15-10-6-4-8-12-17-22(27)28/h20H,3-19H2,1-2H3,(H,25,26)(H,27,28). The number of esters is 1. The highest BCUT2D eigenvalue weighted by molar-refractivity contribution is 5.69. The molecular weight excluding hydrogens is 386 g/mol. The summed E-state index contributed by atoms with van der Waals surface area (Å²) in [5.41, 5.74) is 0. The summed E-state index contributed by atoms with van der Waals surface area (Å²) in [6.07, 6.45) is 12.8. The molecule has 0 heterocycles. The van der Waals surface area contributed by atoms with Crippen LogP contribution in [0.1, 0.15) is 103 Å². The molecule has 0 saturated carbocycles. The van der Waals surface area contributed by atoms with Crippen molar-refractivity contribution < 1.29 is 29.3 Å². The zero-order valence-corrected chi connectivity index (χ0v) is 19.1. The van der Waals surface area contributed by atoms with Gasteiger partial charge in [0.1, 0.15) is 6.10 Å². The highest BCUT2D eigenvalue weighted by Crippen LogP contribution is 2.17. The normalized spacial score (nSPS) is 11.2. The maximum Gasteiger partial charge on any atom is 0.306 e. The minimum absolute atomic E-state index is 0.0464. The molecule has 0 fully saturated rings. The molecule has 30 heavy (non-hydrogen) atoms. The van der Waals surface area contributed by atoms with Crippen LogP contribution in [-0.4, -0.2) is 59.8 Å². The lowest BCUT2D eigenvalue weighted by Crippen LogP contribution is -2.20. The van der Waals surface area contributed by atoms with E-state index in [1.54, 1.807) is 0 Å². The van der Waals surface area contributed by atoms with E-state index in [0.29, 0.717) is 6.42 Å². The Morgan fingerprint density at radius 2 is 1.10 bits per heavy atom. The van der Waals surface area contributed by atoms with E-state index in [4.69, 9.17) is 14.9 Å². The predicted octanol–water partition coefficient (Wildman–Crippen LogP) is 4.87. The van der Waals surface area contributed by atoms with Crippen molar-refractivity contribution in [2.45, 2.75) is 109 Å². The molecule has 0 spiro atoms. The fourth-order valence-electron chi connectivity index (χ4n) is 3.40. The maximum atomic E-state index is 12.2. The highest BCUT2D eigenvalue weighted by atomic mass is 16.5. The second-order valence-electron chi connectivity index (χ2n) is 8.42. The molecular formula is C23H43NO6. The van der Waals surface area contributed by atoms with Crippen LogP contribution in [0.5, 0.6) is 0 Å². The van der Waals surface area contributed by atoms with E-state index in [1.807, 2.05) is 14.1 Å². The number of unbranched alkanes of at least 4 members (excludes halogenated alkanes) is 8. The molecule has 0 bridgehead atoms. The van der Waals surface area contributed by atoms with Crippen molar-refractivity contribution in [3.05, 3.63) is 0 Å². The van der Waals surface area contributed by atoms with Crippen LogP contribution in [0.4, 0.5) is 0 Å². The van der Waals surface area contributed by atoms with E-state index in [0.717, 1.165) is 90.0 Å². The van der Waals surface area contributed by atoms with Gasteiger partial charge in [-0.15, -0.1) is 0 Å². The molecule has 0 amide bonds. The summed E-state index contributed by atoms with van der Waals surface area (Å²) >= 11 is 0. The third-order valence-electron chi connectivity index (χ3n) is 5.12. The van der Waals surface area contributed by atoms with Gasteiger partial charge >= 0.3 is 17.9 Å². The number of nitrogens with zero attached hydrogens (tertiary/aromatic N) is 1. The fourth-order valence-corrected chi connectivity index (χ4v) is 3.40. The Bertz CT molecular complexity index is 439. The molecule has 0 atom stereocenters. The average molecular weight is 430 g/mol. The van der Waals surface area contributed by atoms with Gasteiger partial charge in [0.05, 0.1) is 0 Å². The van der Waals surface area contributed by atoms with Gasteiger partial charge in [0.15, 0.2) is 0 Å². The van der Waals surface area contributed by atoms with Crippen molar-refractivity contribution in [3.8, 4) is 0 Å². The summed E-state index contributed by atoms with van der Waals surface area (Å²) in [5.74, 6) is -1.59. The van der Waals surface area contributed by atoms with Crippen molar-refractivity contribution in [2.24, 2.45) is 0 Å². The smallest absolute Gasteiger partial charge is 0.306 e. The van der Waals surface area contributed by atoms with E-state index in [-0.39, 0.29) is 24.9 Å². The van der Waals surface area contributed by atoms with Crippen LogP contribution < -0.4 is 0 Å². The molecule has 0 aromatic rings. The first-order valence-corrected chi connectivity index (χ1v) is 11.6. The molecule has 0 radical (unpaired) electrons. The first-order chi connectivity index (χ1) is 14.3. The Hall–Kier alpha value is -1.63. The largest absolute Gasteiger partial charge is 0.481 e. The number of carbonyl (C=O) groups is 3. The molecule has 176 valence electrons. The van der Waals surface area contributed by atoms with Crippen molar-refractivity contribution in [2.75, 3.05) is 20.6 Å². The second-order valence-corrected chi connectivity index (χ2v) is 8.42. The van der Waals surface area contributed by atoms with Gasteiger partial charge in [0, 0.05) is 19.3 Å². The molecule has 0 unspecified atom stereocenters. The highest BCUT2D eigenvalue weighted by Gasteiger charge is 2.14. The lowest BCUT2D eigenvalue weighted by Gasteiger charge is -2.18. The Balaban J connectivity index is 4.10. The van der Waals surface area contributed by atoms with Crippen LogP contribution in [0.2, 0.25) is 0 Å². The van der Waals surface area contributed by atoms with Crippen molar-refractivity contribution >= 4 is 17.9 Å². The van der Waals surface area contributed by atoms with E-state index in [1.165, 1.54) is 0 Å². The molecule has 7 nitrogen and oxygen atoms in total. The minimum atomic E-state index is -0.737. The van der Waals surface area contributed by atoms with Crippen molar-refractivity contribution in [1.29, 1.82) is 0 Å². The second kappa shape index (κ2) is 19.3. The van der Waals surface area contributed by atoms with Crippen molar-refractivity contribution in [1.82, 2.24) is 4.90 Å². The van der Waals surface area contributed by atoms with E-state index in [9.17, 15) is 14.4 Å². The molecule has 0 rings (SSSR count). The van der Waals surface area contributed by atoms with Gasteiger partial charge in [0.25, 0.3) is 0 Å². The van der Waals surface area contributed by atoms with Gasteiger partial charge in [0.2, 0.25) is 0 Å². The lowest BCUT2D eigenvalue weighted by molar-refractivity contribution is -0.150. The average Bonchev–Trinajstić information content (AvgIpc) is 2.65. The van der Waals surface area contributed by atoms with Crippen LogP contribution in [-0.2, 0) is 19.1 Å². The number of rotatable bonds is 21. The topological polar surface area (TPSA) is 104 Å². The minimum Gasteiger partial charge on any atom is -0.481 e.